The topological polar surface area (TPSA) is 89.1 Å². The fourth-order valence-corrected chi connectivity index (χ4v) is 4.67. The van der Waals surface area contributed by atoms with Crippen LogP contribution in [0.25, 0.3) is 5.76 Å². The van der Waals surface area contributed by atoms with Crippen LogP contribution in [0.2, 0.25) is 5.02 Å². The van der Waals surface area contributed by atoms with Gasteiger partial charge in [-0.3, -0.25) is 4.79 Å². The van der Waals surface area contributed by atoms with Crippen molar-refractivity contribution in [3.8, 4) is 5.75 Å². The molecule has 222 valence electrons. The molecule has 1 heterocycles. The van der Waals surface area contributed by atoms with E-state index in [1.54, 1.807) is 25.1 Å². The van der Waals surface area contributed by atoms with Crippen LogP contribution in [0, 0.1) is 0 Å². The summed E-state index contributed by atoms with van der Waals surface area (Å²) in [5, 5.41) is 6.01. The van der Waals surface area contributed by atoms with Crippen LogP contribution in [0.4, 0.5) is 23.7 Å². The van der Waals surface area contributed by atoms with E-state index in [9.17, 15) is 22.8 Å². The van der Waals surface area contributed by atoms with Crippen molar-refractivity contribution in [2.24, 2.45) is 0 Å². The molecule has 0 aromatic heterocycles. The number of hydrogen-bond donors (Lipinski definition) is 2. The molecule has 1 unspecified atom stereocenters. The van der Waals surface area contributed by atoms with Crippen LogP contribution in [-0.2, 0) is 27.5 Å². The Morgan fingerprint density at radius 2 is 1.67 bits per heavy atom. The van der Waals surface area contributed by atoms with Crippen molar-refractivity contribution < 1.29 is 37.0 Å². The predicted octanol–water partition coefficient (Wildman–Crippen LogP) is 6.89. The Labute approximate surface area is 249 Å². The van der Waals surface area contributed by atoms with Crippen molar-refractivity contribution in [2.75, 3.05) is 18.9 Å². The van der Waals surface area contributed by atoms with Gasteiger partial charge >= 0.3 is 12.5 Å². The number of nitrogens with zero attached hydrogens (tertiary/aromatic N) is 1. The summed E-state index contributed by atoms with van der Waals surface area (Å²) in [6.45, 7) is 1.17. The third kappa shape index (κ3) is 8.01. The maximum atomic E-state index is 13.2. The highest BCUT2D eigenvalue weighted by molar-refractivity contribution is 6.31. The van der Waals surface area contributed by atoms with Crippen LogP contribution in [0.1, 0.15) is 23.6 Å². The number of halogens is 5. The molecule has 3 aromatic carbocycles. The number of ether oxygens (including phenoxy) is 3. The van der Waals surface area contributed by atoms with E-state index in [0.717, 1.165) is 17.7 Å². The zero-order valence-electron chi connectivity index (χ0n) is 22.4. The summed E-state index contributed by atoms with van der Waals surface area (Å²) >= 11 is 13.2. The first kappa shape index (κ1) is 30.9. The van der Waals surface area contributed by atoms with Crippen molar-refractivity contribution in [1.29, 1.82) is 0 Å². The number of carbonyl (C=O) groups is 2. The van der Waals surface area contributed by atoms with Crippen LogP contribution >= 0.6 is 23.2 Å². The summed E-state index contributed by atoms with van der Waals surface area (Å²) in [4.78, 5) is 25.5. The van der Waals surface area contributed by atoms with Crippen LogP contribution in [0.15, 0.2) is 78.5 Å². The highest BCUT2D eigenvalue weighted by Crippen LogP contribution is 2.44. The van der Waals surface area contributed by atoms with E-state index in [-0.39, 0.29) is 13.2 Å². The lowest BCUT2D eigenvalue weighted by atomic mass is 9.99. The highest BCUT2D eigenvalue weighted by Gasteiger charge is 2.40. The van der Waals surface area contributed by atoms with E-state index in [1.165, 1.54) is 24.1 Å². The first-order valence-electron chi connectivity index (χ1n) is 12.5. The molecule has 0 saturated heterocycles. The monoisotopic (exact) mass is 623 g/mol. The van der Waals surface area contributed by atoms with Gasteiger partial charge in [0.2, 0.25) is 5.91 Å². The lowest BCUT2D eigenvalue weighted by molar-refractivity contribution is -0.274. The number of nitrogens with one attached hydrogen (secondary N) is 2. The Balaban J connectivity index is 1.45. The molecule has 0 spiro atoms. The summed E-state index contributed by atoms with van der Waals surface area (Å²) < 4.78 is 52.1. The number of benzene rings is 3. The maximum Gasteiger partial charge on any atom is 0.573 e. The zero-order chi connectivity index (χ0) is 30.5. The van der Waals surface area contributed by atoms with Crippen LogP contribution in [0.5, 0.6) is 5.75 Å². The van der Waals surface area contributed by atoms with E-state index in [4.69, 9.17) is 32.7 Å². The quantitative estimate of drug-likeness (QED) is 0.199. The van der Waals surface area contributed by atoms with Crippen LogP contribution in [-0.4, -0.2) is 41.9 Å². The van der Waals surface area contributed by atoms with Crippen molar-refractivity contribution in [3.05, 3.63) is 100 Å². The van der Waals surface area contributed by atoms with Gasteiger partial charge in [0.15, 0.2) is 10.8 Å². The second-order valence-electron chi connectivity index (χ2n) is 9.34. The SMILES string of the molecule is CN(C(=O)CNC(=O)OCc1ccc(OC(F)(F)F)cc1)C1=C(OCc2ccccc2)c2cc(Cl)ccc2NC1(C)Cl. The van der Waals surface area contributed by atoms with Crippen molar-refractivity contribution >= 4 is 46.6 Å². The number of rotatable bonds is 9. The molecular formula is C29H26Cl2F3N3O5. The summed E-state index contributed by atoms with van der Waals surface area (Å²) in [5.74, 6) is -0.598. The van der Waals surface area contributed by atoms with Gasteiger partial charge in [-0.15, -0.1) is 13.2 Å². The number of likely N-dealkylation sites (N-methyl/N-ethyl adjacent to an activating group) is 1. The van der Waals surface area contributed by atoms with Gasteiger partial charge in [0.25, 0.3) is 0 Å². The average Bonchev–Trinajstić information content (AvgIpc) is 2.93. The summed E-state index contributed by atoms with van der Waals surface area (Å²) in [7, 11) is 1.50. The average molecular weight is 624 g/mol. The first-order valence-corrected chi connectivity index (χ1v) is 13.3. The van der Waals surface area contributed by atoms with E-state index in [1.807, 2.05) is 30.3 Å². The van der Waals surface area contributed by atoms with Gasteiger partial charge in [0.1, 0.15) is 31.2 Å². The van der Waals surface area contributed by atoms with E-state index < -0.39 is 35.7 Å². The summed E-state index contributed by atoms with van der Waals surface area (Å²) in [5.41, 5.74) is 2.87. The zero-order valence-corrected chi connectivity index (χ0v) is 23.9. The van der Waals surface area contributed by atoms with E-state index >= 15 is 0 Å². The van der Waals surface area contributed by atoms with Gasteiger partial charge in [-0.2, -0.15) is 0 Å². The second-order valence-corrected chi connectivity index (χ2v) is 10.5. The minimum Gasteiger partial charge on any atom is -0.486 e. The summed E-state index contributed by atoms with van der Waals surface area (Å²) in [6, 6.07) is 19.4. The Bertz CT molecular complexity index is 1470. The van der Waals surface area contributed by atoms with Crippen molar-refractivity contribution in [3.63, 3.8) is 0 Å². The lowest BCUT2D eigenvalue weighted by Crippen LogP contribution is -2.47. The number of hydrogen-bond acceptors (Lipinski definition) is 6. The Morgan fingerprint density at radius 3 is 2.33 bits per heavy atom. The molecule has 1 aliphatic rings. The van der Waals surface area contributed by atoms with Crippen molar-refractivity contribution in [1.82, 2.24) is 10.2 Å². The number of anilines is 1. The molecule has 0 bridgehead atoms. The number of amides is 2. The maximum absolute atomic E-state index is 13.2. The highest BCUT2D eigenvalue weighted by atomic mass is 35.5. The third-order valence-corrected chi connectivity index (χ3v) is 6.61. The smallest absolute Gasteiger partial charge is 0.486 e. The Morgan fingerprint density at radius 1 is 1.00 bits per heavy atom. The largest absolute Gasteiger partial charge is 0.573 e. The number of alkyl carbamates (subject to hydrolysis) is 1. The van der Waals surface area contributed by atoms with E-state index in [2.05, 4.69) is 15.4 Å². The van der Waals surface area contributed by atoms with Gasteiger partial charge in [-0.1, -0.05) is 65.7 Å². The van der Waals surface area contributed by atoms with E-state index in [0.29, 0.717) is 33.3 Å². The van der Waals surface area contributed by atoms with Gasteiger partial charge in [0, 0.05) is 23.3 Å². The number of alkyl halides is 4. The molecule has 4 rings (SSSR count). The molecule has 0 saturated carbocycles. The predicted molar refractivity (Wildman–Crippen MR) is 152 cm³/mol. The number of fused-ring (bicyclic) bond motifs is 1. The molecule has 2 amide bonds. The number of carbonyl (C=O) groups excluding carboxylic acids is 2. The standard InChI is InChI=1S/C29H26Cl2F3N3O5/c1-28(31)26(25(40-16-18-6-4-3-5-7-18)22-14-20(30)10-13-23(22)36-28)37(2)24(38)15-35-27(39)41-17-19-8-11-21(12-9-19)42-29(32,33)34/h3-14,36H,15-17H2,1-2H3,(H,35,39). The minimum absolute atomic E-state index is 0.189. The minimum atomic E-state index is -4.81. The molecule has 42 heavy (non-hydrogen) atoms. The fraction of sp³-hybridized carbons (Fsp3) is 0.241. The Kier molecular flexibility index (Phi) is 9.43. The van der Waals surface area contributed by atoms with Crippen LogP contribution < -0.4 is 15.4 Å². The lowest BCUT2D eigenvalue weighted by Gasteiger charge is -2.39. The molecular weight excluding hydrogens is 598 g/mol. The van der Waals surface area contributed by atoms with Crippen molar-refractivity contribution in [2.45, 2.75) is 31.5 Å². The summed E-state index contributed by atoms with van der Waals surface area (Å²) in [6.07, 6.45) is -5.72. The molecule has 8 nitrogen and oxygen atoms in total. The first-order chi connectivity index (χ1) is 19.8. The molecule has 13 heteroatoms. The van der Waals surface area contributed by atoms with Gasteiger partial charge < -0.3 is 29.7 Å². The molecule has 0 radical (unpaired) electrons. The molecule has 1 aliphatic heterocycles. The Hall–Kier alpha value is -4.09. The van der Waals surface area contributed by atoms with Crippen LogP contribution in [0.3, 0.4) is 0 Å². The fourth-order valence-electron chi connectivity index (χ4n) is 4.19. The van der Waals surface area contributed by atoms with Gasteiger partial charge in [-0.25, -0.2) is 4.79 Å². The molecule has 0 aliphatic carbocycles. The van der Waals surface area contributed by atoms with Gasteiger partial charge in [0.05, 0.1) is 0 Å². The third-order valence-electron chi connectivity index (χ3n) is 6.10. The molecule has 2 N–H and O–H groups in total. The van der Waals surface area contributed by atoms with Gasteiger partial charge in [-0.05, 0) is 48.4 Å². The molecule has 3 aromatic rings. The second kappa shape index (κ2) is 12.8. The normalized spacial score (nSPS) is 16.2. The molecule has 1 atom stereocenters. The molecule has 0 fully saturated rings.